The maximum absolute atomic E-state index is 11.3. The van der Waals surface area contributed by atoms with E-state index in [9.17, 15) is 4.79 Å². The maximum Gasteiger partial charge on any atom is 0.322 e. The van der Waals surface area contributed by atoms with Crippen LogP contribution >= 0.6 is 0 Å². The zero-order valence-electron chi connectivity index (χ0n) is 11.7. The molecule has 0 heterocycles. The summed E-state index contributed by atoms with van der Waals surface area (Å²) in [5.74, 6) is 0.430. The number of methoxy groups -OCH3 is 1. The summed E-state index contributed by atoms with van der Waals surface area (Å²) >= 11 is 0. The predicted molar refractivity (Wildman–Crippen MR) is 75.2 cm³/mol. The van der Waals surface area contributed by atoms with Crippen LogP contribution < -0.4 is 10.5 Å². The van der Waals surface area contributed by atoms with E-state index in [0.29, 0.717) is 6.42 Å². The summed E-state index contributed by atoms with van der Waals surface area (Å²) in [4.78, 5) is 11.3. The highest BCUT2D eigenvalue weighted by molar-refractivity contribution is 5.75. The van der Waals surface area contributed by atoms with Crippen molar-refractivity contribution in [2.75, 3.05) is 13.7 Å². The zero-order valence-corrected chi connectivity index (χ0v) is 11.7. The first-order chi connectivity index (χ1) is 9.17. The molecular formula is C15H23NO3. The van der Waals surface area contributed by atoms with Gasteiger partial charge in [-0.2, -0.15) is 0 Å². The van der Waals surface area contributed by atoms with Crippen molar-refractivity contribution in [2.45, 2.75) is 38.6 Å². The summed E-state index contributed by atoms with van der Waals surface area (Å²) in [6, 6.07) is 7.06. The lowest BCUT2D eigenvalue weighted by molar-refractivity contribution is -0.142. The molecule has 1 unspecified atom stereocenters. The van der Waals surface area contributed by atoms with Crippen molar-refractivity contribution in [2.24, 2.45) is 5.73 Å². The molecule has 4 heteroatoms. The Labute approximate surface area is 114 Å². The average molecular weight is 265 g/mol. The summed E-state index contributed by atoms with van der Waals surface area (Å²) in [5.41, 5.74) is 6.71. The van der Waals surface area contributed by atoms with E-state index in [1.54, 1.807) is 0 Å². The highest BCUT2D eigenvalue weighted by atomic mass is 16.5. The van der Waals surface area contributed by atoms with Crippen LogP contribution in [-0.4, -0.2) is 25.7 Å². The lowest BCUT2D eigenvalue weighted by atomic mass is 10.1. The van der Waals surface area contributed by atoms with Gasteiger partial charge in [-0.25, -0.2) is 0 Å². The van der Waals surface area contributed by atoms with E-state index >= 15 is 0 Å². The van der Waals surface area contributed by atoms with Gasteiger partial charge in [0.25, 0.3) is 0 Å². The third-order valence-corrected chi connectivity index (χ3v) is 2.87. The normalized spacial score (nSPS) is 11.9. The van der Waals surface area contributed by atoms with E-state index in [1.165, 1.54) is 20.0 Å². The van der Waals surface area contributed by atoms with Crippen LogP contribution in [0.15, 0.2) is 24.3 Å². The molecule has 0 radical (unpaired) electrons. The van der Waals surface area contributed by atoms with Crippen molar-refractivity contribution >= 4 is 5.97 Å². The Hall–Kier alpha value is -1.55. The van der Waals surface area contributed by atoms with Gasteiger partial charge in [-0.3, -0.25) is 4.79 Å². The fourth-order valence-electron chi connectivity index (χ4n) is 1.79. The second-order valence-corrected chi connectivity index (χ2v) is 4.54. The van der Waals surface area contributed by atoms with Gasteiger partial charge >= 0.3 is 5.97 Å². The molecule has 0 aliphatic carbocycles. The summed E-state index contributed by atoms with van der Waals surface area (Å²) in [6.45, 7) is 2.88. The molecule has 0 aliphatic rings. The zero-order chi connectivity index (χ0) is 14.1. The first-order valence-corrected chi connectivity index (χ1v) is 6.72. The van der Waals surface area contributed by atoms with Crippen molar-refractivity contribution in [1.82, 2.24) is 0 Å². The van der Waals surface area contributed by atoms with Crippen LogP contribution in [0.1, 0.15) is 31.7 Å². The molecule has 2 N–H and O–H groups in total. The number of rotatable bonds is 8. The number of hydrogen-bond acceptors (Lipinski definition) is 4. The van der Waals surface area contributed by atoms with Gasteiger partial charge in [0, 0.05) is 0 Å². The predicted octanol–water partition coefficient (Wildman–Crippen LogP) is 2.30. The van der Waals surface area contributed by atoms with Crippen LogP contribution in [0.2, 0.25) is 0 Å². The minimum atomic E-state index is -0.625. The molecule has 19 heavy (non-hydrogen) atoms. The van der Waals surface area contributed by atoms with Crippen molar-refractivity contribution in [3.05, 3.63) is 29.8 Å². The second kappa shape index (κ2) is 8.53. The summed E-state index contributed by atoms with van der Waals surface area (Å²) in [5, 5.41) is 0. The second-order valence-electron chi connectivity index (χ2n) is 4.54. The Kier molecular flexibility index (Phi) is 6.97. The average Bonchev–Trinajstić information content (AvgIpc) is 2.43. The molecule has 0 saturated heterocycles. The largest absolute Gasteiger partial charge is 0.494 e. The van der Waals surface area contributed by atoms with Gasteiger partial charge in [-0.05, 0) is 30.5 Å². The first kappa shape index (κ1) is 15.5. The van der Waals surface area contributed by atoms with E-state index in [-0.39, 0.29) is 0 Å². The van der Waals surface area contributed by atoms with Gasteiger partial charge in [0.1, 0.15) is 11.8 Å². The van der Waals surface area contributed by atoms with Crippen molar-refractivity contribution in [3.63, 3.8) is 0 Å². The summed E-state index contributed by atoms with van der Waals surface area (Å²) in [6.07, 6.45) is 3.87. The summed E-state index contributed by atoms with van der Waals surface area (Å²) < 4.78 is 10.3. The van der Waals surface area contributed by atoms with Gasteiger partial charge < -0.3 is 15.2 Å². The van der Waals surface area contributed by atoms with Crippen LogP contribution in [0.25, 0.3) is 0 Å². The van der Waals surface area contributed by atoms with Crippen LogP contribution in [0.4, 0.5) is 0 Å². The Morgan fingerprint density at radius 1 is 1.37 bits per heavy atom. The van der Waals surface area contributed by atoms with Crippen LogP contribution in [0, 0.1) is 0 Å². The number of ether oxygens (including phenoxy) is 2. The quantitative estimate of drug-likeness (QED) is 0.578. The first-order valence-electron chi connectivity index (χ1n) is 6.72. The van der Waals surface area contributed by atoms with E-state index in [0.717, 1.165) is 24.3 Å². The number of benzene rings is 1. The van der Waals surface area contributed by atoms with Gasteiger partial charge in [0.05, 0.1) is 13.7 Å². The molecule has 1 aromatic carbocycles. The SMILES string of the molecule is CCCCCOc1cccc(CC(N)C(=O)OC)c1. The molecular weight excluding hydrogens is 242 g/mol. The van der Waals surface area contributed by atoms with Gasteiger partial charge in [0.2, 0.25) is 0 Å². The molecule has 1 aromatic rings. The number of hydrogen-bond donors (Lipinski definition) is 1. The lowest BCUT2D eigenvalue weighted by Crippen LogP contribution is -2.33. The van der Waals surface area contributed by atoms with Gasteiger partial charge in [-0.1, -0.05) is 31.9 Å². The fraction of sp³-hybridized carbons (Fsp3) is 0.533. The van der Waals surface area contributed by atoms with Crippen LogP contribution in [0.3, 0.4) is 0 Å². The van der Waals surface area contributed by atoms with Gasteiger partial charge in [0.15, 0.2) is 0 Å². The highest BCUT2D eigenvalue weighted by Crippen LogP contribution is 2.15. The molecule has 0 saturated carbocycles. The Bertz CT molecular complexity index is 393. The molecule has 0 aromatic heterocycles. The van der Waals surface area contributed by atoms with Crippen molar-refractivity contribution in [1.29, 1.82) is 0 Å². The van der Waals surface area contributed by atoms with Crippen LogP contribution in [0.5, 0.6) is 5.75 Å². The number of esters is 1. The smallest absolute Gasteiger partial charge is 0.322 e. The number of unbranched alkanes of at least 4 members (excludes halogenated alkanes) is 2. The number of carbonyl (C=O) groups excluding carboxylic acids is 1. The molecule has 0 spiro atoms. The molecule has 1 rings (SSSR count). The van der Waals surface area contributed by atoms with E-state index < -0.39 is 12.0 Å². The van der Waals surface area contributed by atoms with E-state index in [2.05, 4.69) is 11.7 Å². The standard InChI is InChI=1S/C15H23NO3/c1-3-4-5-9-19-13-8-6-7-12(10-13)11-14(16)15(17)18-2/h6-8,10,14H,3-5,9,11,16H2,1-2H3. The van der Waals surface area contributed by atoms with Gasteiger partial charge in [-0.15, -0.1) is 0 Å². The Morgan fingerprint density at radius 2 is 2.16 bits per heavy atom. The Balaban J connectivity index is 2.49. The molecule has 0 aliphatic heterocycles. The number of nitrogens with two attached hydrogens (primary N) is 1. The molecule has 1 atom stereocenters. The van der Waals surface area contributed by atoms with E-state index in [4.69, 9.17) is 10.5 Å². The third-order valence-electron chi connectivity index (χ3n) is 2.87. The molecule has 0 amide bonds. The molecule has 106 valence electrons. The third kappa shape index (κ3) is 5.75. The molecule has 0 fully saturated rings. The highest BCUT2D eigenvalue weighted by Gasteiger charge is 2.14. The lowest BCUT2D eigenvalue weighted by Gasteiger charge is -2.11. The van der Waals surface area contributed by atoms with Crippen LogP contribution in [-0.2, 0) is 16.0 Å². The minimum Gasteiger partial charge on any atom is -0.494 e. The molecule has 4 nitrogen and oxygen atoms in total. The number of carbonyl (C=O) groups is 1. The molecule has 0 bridgehead atoms. The summed E-state index contributed by atoms with van der Waals surface area (Å²) in [7, 11) is 1.34. The Morgan fingerprint density at radius 3 is 2.84 bits per heavy atom. The van der Waals surface area contributed by atoms with Crippen molar-refractivity contribution < 1.29 is 14.3 Å². The monoisotopic (exact) mass is 265 g/mol. The maximum atomic E-state index is 11.3. The van der Waals surface area contributed by atoms with E-state index in [1.807, 2.05) is 24.3 Å². The minimum absolute atomic E-state index is 0.394. The topological polar surface area (TPSA) is 61.5 Å². The van der Waals surface area contributed by atoms with Crippen molar-refractivity contribution in [3.8, 4) is 5.75 Å². The fourth-order valence-corrected chi connectivity index (χ4v) is 1.79.